The van der Waals surface area contributed by atoms with Gasteiger partial charge in [0.25, 0.3) is 0 Å². The van der Waals surface area contributed by atoms with Crippen molar-refractivity contribution in [2.24, 2.45) is 10.2 Å². The molecule has 0 unspecified atom stereocenters. The summed E-state index contributed by atoms with van der Waals surface area (Å²) in [6, 6.07) is 0. The maximum absolute atomic E-state index is 11.5. The van der Waals surface area contributed by atoms with E-state index in [0.717, 1.165) is 0 Å². The number of hydrogen-bond acceptors (Lipinski definition) is 6. The van der Waals surface area contributed by atoms with Crippen molar-refractivity contribution in [3.63, 3.8) is 0 Å². The number of aliphatic hydroxyl groups excluding tert-OH is 1. The van der Waals surface area contributed by atoms with E-state index in [1.54, 1.807) is 13.0 Å². The minimum absolute atomic E-state index is 0.147. The third-order valence-electron chi connectivity index (χ3n) is 2.18. The highest BCUT2D eigenvalue weighted by atomic mass is 35.5. The first-order valence-corrected chi connectivity index (χ1v) is 5.35. The van der Waals surface area contributed by atoms with Gasteiger partial charge in [-0.2, -0.15) is 0 Å². The smallest absolute Gasteiger partial charge is 0.359 e. The molecule has 7 heteroatoms. The summed E-state index contributed by atoms with van der Waals surface area (Å²) in [5.74, 6) is -0.310. The van der Waals surface area contributed by atoms with Crippen LogP contribution in [0.25, 0.3) is 0 Å². The van der Waals surface area contributed by atoms with E-state index in [4.69, 9.17) is 16.3 Å². The Morgan fingerprint density at radius 3 is 3.12 bits per heavy atom. The number of ether oxygens (including phenoxy) is 1. The van der Waals surface area contributed by atoms with Crippen LogP contribution in [-0.4, -0.2) is 40.4 Å². The van der Waals surface area contributed by atoms with Gasteiger partial charge >= 0.3 is 5.97 Å². The van der Waals surface area contributed by atoms with Crippen LogP contribution in [0.3, 0.4) is 0 Å². The fraction of sp³-hybridized carbons (Fsp3) is 0.300. The first kappa shape index (κ1) is 11.8. The van der Waals surface area contributed by atoms with E-state index in [9.17, 15) is 9.90 Å². The third kappa shape index (κ3) is 2.22. The summed E-state index contributed by atoms with van der Waals surface area (Å²) in [5, 5.41) is 17.9. The number of carbonyl (C=O) groups excluding carboxylic acids is 1. The van der Waals surface area contributed by atoms with Gasteiger partial charge in [-0.25, -0.2) is 4.79 Å². The Bertz CT molecular complexity index is 467. The topological polar surface area (TPSA) is 74.5 Å². The number of rotatable bonds is 2. The minimum Gasteiger partial charge on any atom is -0.461 e. The van der Waals surface area contributed by atoms with Crippen LogP contribution in [0, 0.1) is 0 Å². The van der Waals surface area contributed by atoms with Crippen LogP contribution in [0.5, 0.6) is 0 Å². The quantitative estimate of drug-likeness (QED) is 0.733. The van der Waals surface area contributed by atoms with Gasteiger partial charge in [0.05, 0.1) is 6.61 Å². The van der Waals surface area contributed by atoms with E-state index in [-0.39, 0.29) is 12.3 Å². The molecule has 1 atom stereocenters. The van der Waals surface area contributed by atoms with Gasteiger partial charge in [0.1, 0.15) is 0 Å². The van der Waals surface area contributed by atoms with Crippen molar-refractivity contribution < 1.29 is 14.6 Å². The Balaban J connectivity index is 2.28. The molecule has 0 radical (unpaired) electrons. The molecule has 0 saturated heterocycles. The Morgan fingerprint density at radius 1 is 1.65 bits per heavy atom. The van der Waals surface area contributed by atoms with Crippen molar-refractivity contribution >= 4 is 29.1 Å². The number of esters is 1. The highest BCUT2D eigenvalue weighted by Gasteiger charge is 2.32. The van der Waals surface area contributed by atoms with Crippen LogP contribution < -0.4 is 0 Å². The molecule has 0 aromatic heterocycles. The second kappa shape index (κ2) is 4.68. The van der Waals surface area contributed by atoms with Gasteiger partial charge in [-0.1, -0.05) is 11.6 Å². The second-order valence-corrected chi connectivity index (χ2v) is 3.73. The summed E-state index contributed by atoms with van der Waals surface area (Å²) in [6.07, 6.45) is 3.44. The fourth-order valence-corrected chi connectivity index (χ4v) is 1.55. The van der Waals surface area contributed by atoms with Crippen LogP contribution in [0.1, 0.15) is 6.92 Å². The van der Waals surface area contributed by atoms with E-state index in [1.807, 2.05) is 0 Å². The number of halogens is 1. The molecule has 2 aliphatic rings. The molecule has 2 rings (SSSR count). The Hall–Kier alpha value is -1.66. The van der Waals surface area contributed by atoms with Gasteiger partial charge in [-0.05, 0) is 13.0 Å². The Morgan fingerprint density at radius 2 is 2.41 bits per heavy atom. The molecule has 0 fully saturated rings. The van der Waals surface area contributed by atoms with Gasteiger partial charge in [-0.15, -0.1) is 10.2 Å². The number of aliphatic hydroxyl groups is 1. The van der Waals surface area contributed by atoms with Gasteiger partial charge < -0.3 is 9.84 Å². The van der Waals surface area contributed by atoms with Crippen molar-refractivity contribution in [3.05, 3.63) is 23.4 Å². The summed E-state index contributed by atoms with van der Waals surface area (Å²) >= 11 is 5.78. The average Bonchev–Trinajstić information content (AvgIpc) is 2.29. The molecule has 0 spiro atoms. The molecule has 0 aromatic rings. The number of nitrogens with zero attached hydrogens (tertiary/aromatic N) is 3. The average molecular weight is 256 g/mol. The zero-order valence-corrected chi connectivity index (χ0v) is 9.76. The normalized spacial score (nSPS) is 22.4. The molecule has 0 saturated carbocycles. The molecule has 2 aliphatic heterocycles. The summed E-state index contributed by atoms with van der Waals surface area (Å²) < 4.78 is 4.76. The van der Waals surface area contributed by atoms with Crippen molar-refractivity contribution in [2.45, 2.75) is 13.2 Å². The monoisotopic (exact) mass is 255 g/mol. The van der Waals surface area contributed by atoms with Crippen LogP contribution in [0.2, 0.25) is 0 Å². The molecular weight excluding hydrogens is 246 g/mol. The molecule has 0 aliphatic carbocycles. The standard InChI is InChI=1S/C10H10ClN3O3/c1-2-17-10(16)8-9(15)14-4-3-6(11)5-7(14)12-13-8/h3-5,9,15H,2H2,1H3/t9-/m1/s1. The van der Waals surface area contributed by atoms with Crippen molar-refractivity contribution in [1.82, 2.24) is 4.90 Å². The molecule has 0 bridgehead atoms. The van der Waals surface area contributed by atoms with E-state index >= 15 is 0 Å². The number of hydrogen-bond donors (Lipinski definition) is 1. The van der Waals surface area contributed by atoms with Crippen molar-refractivity contribution in [1.29, 1.82) is 0 Å². The summed E-state index contributed by atoms with van der Waals surface area (Å²) in [7, 11) is 0. The van der Waals surface area contributed by atoms with Crippen molar-refractivity contribution in [3.8, 4) is 0 Å². The van der Waals surface area contributed by atoms with E-state index in [0.29, 0.717) is 10.9 Å². The highest BCUT2D eigenvalue weighted by Crippen LogP contribution is 2.18. The third-order valence-corrected chi connectivity index (χ3v) is 2.41. The maximum Gasteiger partial charge on any atom is 0.359 e. The maximum atomic E-state index is 11.5. The van der Waals surface area contributed by atoms with Gasteiger partial charge in [0.15, 0.2) is 17.8 Å². The fourth-order valence-electron chi connectivity index (χ4n) is 1.40. The molecule has 17 heavy (non-hydrogen) atoms. The summed E-state index contributed by atoms with van der Waals surface area (Å²) in [5.41, 5.74) is -0.147. The predicted molar refractivity (Wildman–Crippen MR) is 62.4 cm³/mol. The zero-order chi connectivity index (χ0) is 12.4. The SMILES string of the molecule is CCOC(=O)C1=NN=C2C=C(Cl)C=CN2[C@@H]1O. The molecule has 1 N–H and O–H groups in total. The second-order valence-electron chi connectivity index (χ2n) is 3.29. The molecular formula is C10H10ClN3O3. The minimum atomic E-state index is -1.21. The number of allylic oxidation sites excluding steroid dienone is 2. The lowest BCUT2D eigenvalue weighted by Crippen LogP contribution is -2.47. The first-order chi connectivity index (χ1) is 8.13. The predicted octanol–water partition coefficient (Wildman–Crippen LogP) is 0.588. The molecule has 0 amide bonds. The largest absolute Gasteiger partial charge is 0.461 e. The molecule has 0 aromatic carbocycles. The number of carbonyl (C=O) groups is 1. The van der Waals surface area contributed by atoms with Gasteiger partial charge in [-0.3, -0.25) is 4.90 Å². The lowest BCUT2D eigenvalue weighted by Gasteiger charge is -2.29. The van der Waals surface area contributed by atoms with Crippen LogP contribution in [0.4, 0.5) is 0 Å². The van der Waals surface area contributed by atoms with E-state index in [1.165, 1.54) is 17.2 Å². The lowest BCUT2D eigenvalue weighted by molar-refractivity contribution is -0.135. The Kier molecular flexibility index (Phi) is 3.26. The summed E-state index contributed by atoms with van der Waals surface area (Å²) in [4.78, 5) is 12.9. The van der Waals surface area contributed by atoms with Crippen LogP contribution >= 0.6 is 11.6 Å². The lowest BCUT2D eigenvalue weighted by atomic mass is 10.2. The van der Waals surface area contributed by atoms with Crippen LogP contribution in [-0.2, 0) is 9.53 Å². The van der Waals surface area contributed by atoms with E-state index in [2.05, 4.69) is 10.2 Å². The highest BCUT2D eigenvalue weighted by molar-refractivity contribution is 6.39. The van der Waals surface area contributed by atoms with Crippen molar-refractivity contribution in [2.75, 3.05) is 6.61 Å². The van der Waals surface area contributed by atoms with Gasteiger partial charge in [0.2, 0.25) is 0 Å². The Labute approximate surface area is 103 Å². The molecule has 90 valence electrons. The first-order valence-electron chi connectivity index (χ1n) is 4.98. The number of fused-ring (bicyclic) bond motifs is 1. The van der Waals surface area contributed by atoms with Crippen LogP contribution in [0.15, 0.2) is 33.6 Å². The zero-order valence-electron chi connectivity index (χ0n) is 9.00. The molecule has 2 heterocycles. The van der Waals surface area contributed by atoms with Gasteiger partial charge in [0, 0.05) is 17.3 Å². The summed E-state index contributed by atoms with van der Waals surface area (Å²) in [6.45, 7) is 1.88. The van der Waals surface area contributed by atoms with E-state index < -0.39 is 12.2 Å². The number of amidine groups is 1. The molecule has 6 nitrogen and oxygen atoms in total.